The van der Waals surface area contributed by atoms with Crippen LogP contribution in [0.25, 0.3) is 0 Å². The molecule has 0 saturated carbocycles. The minimum atomic E-state index is -1.05. The van der Waals surface area contributed by atoms with Gasteiger partial charge in [-0.05, 0) is 19.1 Å². The highest BCUT2D eigenvalue weighted by Crippen LogP contribution is 2.35. The Morgan fingerprint density at radius 2 is 1.58 bits per heavy atom. The summed E-state index contributed by atoms with van der Waals surface area (Å²) in [5, 5.41) is 0.498. The zero-order valence-corrected chi connectivity index (χ0v) is 11.4. The van der Waals surface area contributed by atoms with Crippen LogP contribution in [0, 0.1) is 0 Å². The quantitative estimate of drug-likeness (QED) is 0.892. The third-order valence-corrected chi connectivity index (χ3v) is 2.91. The van der Waals surface area contributed by atoms with E-state index in [9.17, 15) is 9.59 Å². The van der Waals surface area contributed by atoms with Crippen LogP contribution in [-0.2, 0) is 9.47 Å². The molecule has 0 aliphatic carbocycles. The largest absolute Gasteiger partial charge is 0.442 e. The molecule has 0 aliphatic rings. The number of rotatable bonds is 4. The fourth-order valence-corrected chi connectivity index (χ4v) is 2.15. The Bertz CT molecular complexity index is 475. The van der Waals surface area contributed by atoms with Crippen LogP contribution < -0.4 is 11.5 Å². The van der Waals surface area contributed by atoms with Gasteiger partial charge in [0, 0.05) is 15.6 Å². The van der Waals surface area contributed by atoms with E-state index in [0.717, 1.165) is 0 Å². The van der Waals surface area contributed by atoms with Crippen molar-refractivity contribution in [2.24, 2.45) is 11.5 Å². The predicted molar refractivity (Wildman–Crippen MR) is 70.0 cm³/mol. The Morgan fingerprint density at radius 3 is 2.00 bits per heavy atom. The number of benzene rings is 1. The van der Waals surface area contributed by atoms with Gasteiger partial charge >= 0.3 is 12.2 Å². The highest BCUT2D eigenvalue weighted by Gasteiger charge is 2.29. The first-order valence-corrected chi connectivity index (χ1v) is 5.94. The van der Waals surface area contributed by atoms with Crippen LogP contribution in [0.2, 0.25) is 10.0 Å². The van der Waals surface area contributed by atoms with Crippen LogP contribution in [0.3, 0.4) is 0 Å². The van der Waals surface area contributed by atoms with E-state index < -0.39 is 24.4 Å². The normalized spacial score (nSPS) is 13.4. The molecule has 0 bridgehead atoms. The maximum Gasteiger partial charge on any atom is 0.405 e. The van der Waals surface area contributed by atoms with Crippen molar-refractivity contribution in [2.75, 3.05) is 0 Å². The molecular weight excluding hydrogens is 295 g/mol. The Labute approximate surface area is 119 Å². The number of halogens is 2. The van der Waals surface area contributed by atoms with Crippen LogP contribution in [0.4, 0.5) is 9.59 Å². The second kappa shape index (κ2) is 6.49. The number of carbonyl (C=O) groups is 2. The molecule has 104 valence electrons. The Kier molecular flexibility index (Phi) is 5.26. The predicted octanol–water partition coefficient (Wildman–Crippen LogP) is 2.61. The first-order chi connectivity index (χ1) is 8.82. The Morgan fingerprint density at radius 1 is 1.11 bits per heavy atom. The van der Waals surface area contributed by atoms with E-state index >= 15 is 0 Å². The lowest BCUT2D eigenvalue weighted by atomic mass is 10.0. The minimum Gasteiger partial charge on any atom is -0.442 e. The average molecular weight is 307 g/mol. The Balaban J connectivity index is 3.16. The summed E-state index contributed by atoms with van der Waals surface area (Å²) in [4.78, 5) is 21.7. The molecular formula is C11H12Cl2N2O4. The number of primary amides is 2. The highest BCUT2D eigenvalue weighted by molar-refractivity contribution is 6.36. The Hall–Kier alpha value is -1.66. The average Bonchev–Trinajstić information content (AvgIpc) is 2.25. The van der Waals surface area contributed by atoms with Gasteiger partial charge in [-0.15, -0.1) is 0 Å². The second-order valence-electron chi connectivity index (χ2n) is 3.63. The summed E-state index contributed by atoms with van der Waals surface area (Å²) in [5.41, 5.74) is 10.2. The zero-order chi connectivity index (χ0) is 14.6. The molecule has 0 fully saturated rings. The smallest absolute Gasteiger partial charge is 0.405 e. The zero-order valence-electron chi connectivity index (χ0n) is 9.93. The summed E-state index contributed by atoms with van der Waals surface area (Å²) >= 11 is 12.0. The summed E-state index contributed by atoms with van der Waals surface area (Å²) in [7, 11) is 0. The summed E-state index contributed by atoms with van der Waals surface area (Å²) < 4.78 is 9.66. The second-order valence-corrected chi connectivity index (χ2v) is 4.45. The summed E-state index contributed by atoms with van der Waals surface area (Å²) in [5.74, 6) is 0. The van der Waals surface area contributed by atoms with Crippen molar-refractivity contribution in [1.82, 2.24) is 0 Å². The SMILES string of the molecule is C[C@@H](OC(N)=O)[C@H](OC(N)=O)c1c(Cl)cccc1Cl. The lowest BCUT2D eigenvalue weighted by Crippen LogP contribution is -2.30. The lowest BCUT2D eigenvalue weighted by molar-refractivity contribution is 0.00424. The molecule has 4 N–H and O–H groups in total. The standard InChI is InChI=1S/C11H12Cl2N2O4/c1-5(18-10(14)16)9(19-11(15)17)8-6(12)3-2-4-7(8)13/h2-5,9H,1H3,(H2,14,16)(H2,15,17)/t5-,9+/m1/s1. The fraction of sp³-hybridized carbons (Fsp3) is 0.273. The molecule has 0 saturated heterocycles. The molecule has 19 heavy (non-hydrogen) atoms. The van der Waals surface area contributed by atoms with Gasteiger partial charge in [0.1, 0.15) is 6.10 Å². The molecule has 0 heterocycles. The third kappa shape index (κ3) is 4.18. The van der Waals surface area contributed by atoms with Crippen molar-refractivity contribution in [1.29, 1.82) is 0 Å². The summed E-state index contributed by atoms with van der Waals surface area (Å²) in [6.45, 7) is 1.47. The van der Waals surface area contributed by atoms with Crippen LogP contribution in [0.5, 0.6) is 0 Å². The van der Waals surface area contributed by atoms with E-state index in [2.05, 4.69) is 0 Å². The molecule has 8 heteroatoms. The van der Waals surface area contributed by atoms with Crippen molar-refractivity contribution in [2.45, 2.75) is 19.1 Å². The van der Waals surface area contributed by atoms with E-state index in [1.165, 1.54) is 6.92 Å². The molecule has 2 atom stereocenters. The molecule has 0 aromatic heterocycles. The van der Waals surface area contributed by atoms with Gasteiger partial charge in [-0.1, -0.05) is 29.3 Å². The van der Waals surface area contributed by atoms with E-state index in [1.54, 1.807) is 18.2 Å². The van der Waals surface area contributed by atoms with E-state index in [4.69, 9.17) is 44.1 Å². The summed E-state index contributed by atoms with van der Waals surface area (Å²) in [6, 6.07) is 4.73. The van der Waals surface area contributed by atoms with E-state index in [-0.39, 0.29) is 10.0 Å². The van der Waals surface area contributed by atoms with Gasteiger partial charge in [0.15, 0.2) is 6.10 Å². The first kappa shape index (κ1) is 15.4. The maximum atomic E-state index is 10.9. The highest BCUT2D eigenvalue weighted by atomic mass is 35.5. The first-order valence-electron chi connectivity index (χ1n) is 5.19. The van der Waals surface area contributed by atoms with E-state index in [1.807, 2.05) is 0 Å². The van der Waals surface area contributed by atoms with Crippen LogP contribution in [0.15, 0.2) is 18.2 Å². The van der Waals surface area contributed by atoms with E-state index in [0.29, 0.717) is 5.56 Å². The van der Waals surface area contributed by atoms with Crippen LogP contribution in [0.1, 0.15) is 18.6 Å². The molecule has 0 spiro atoms. The van der Waals surface area contributed by atoms with Gasteiger partial charge in [-0.3, -0.25) is 0 Å². The number of hydrogen-bond donors (Lipinski definition) is 2. The van der Waals surface area contributed by atoms with Gasteiger partial charge in [0.25, 0.3) is 0 Å². The molecule has 1 rings (SSSR count). The molecule has 0 radical (unpaired) electrons. The fourth-order valence-electron chi connectivity index (χ4n) is 1.54. The molecule has 6 nitrogen and oxygen atoms in total. The van der Waals surface area contributed by atoms with Crippen molar-refractivity contribution < 1.29 is 19.1 Å². The van der Waals surface area contributed by atoms with Crippen molar-refractivity contribution in [3.8, 4) is 0 Å². The monoisotopic (exact) mass is 306 g/mol. The van der Waals surface area contributed by atoms with Gasteiger partial charge in [-0.25, -0.2) is 9.59 Å². The summed E-state index contributed by atoms with van der Waals surface area (Å²) in [6.07, 6.45) is -4.02. The molecule has 0 unspecified atom stereocenters. The molecule has 1 aromatic rings. The lowest BCUT2D eigenvalue weighted by Gasteiger charge is -2.24. The van der Waals surface area contributed by atoms with Gasteiger partial charge in [0.05, 0.1) is 0 Å². The third-order valence-electron chi connectivity index (χ3n) is 2.26. The van der Waals surface area contributed by atoms with Crippen molar-refractivity contribution >= 4 is 35.4 Å². The number of ether oxygens (including phenoxy) is 2. The number of carbonyl (C=O) groups excluding carboxylic acids is 2. The van der Waals surface area contributed by atoms with Crippen LogP contribution >= 0.6 is 23.2 Å². The van der Waals surface area contributed by atoms with Crippen molar-refractivity contribution in [3.63, 3.8) is 0 Å². The minimum absolute atomic E-state index is 0.249. The number of hydrogen-bond acceptors (Lipinski definition) is 4. The molecule has 2 amide bonds. The van der Waals surface area contributed by atoms with Gasteiger partial charge in [-0.2, -0.15) is 0 Å². The maximum absolute atomic E-state index is 10.9. The van der Waals surface area contributed by atoms with Gasteiger partial charge in [0.2, 0.25) is 0 Å². The number of nitrogens with two attached hydrogens (primary N) is 2. The molecule has 1 aromatic carbocycles. The van der Waals surface area contributed by atoms with Crippen molar-refractivity contribution in [3.05, 3.63) is 33.8 Å². The van der Waals surface area contributed by atoms with Crippen LogP contribution in [-0.4, -0.2) is 18.3 Å². The topological polar surface area (TPSA) is 105 Å². The van der Waals surface area contributed by atoms with Gasteiger partial charge < -0.3 is 20.9 Å². The molecule has 0 aliphatic heterocycles. The number of amides is 2.